The van der Waals surface area contributed by atoms with Gasteiger partial charge in [-0.25, -0.2) is 9.97 Å². The average molecular weight is 417 g/mol. The summed E-state index contributed by atoms with van der Waals surface area (Å²) in [5.74, 6) is -0.563. The highest BCUT2D eigenvalue weighted by Crippen LogP contribution is 2.31. The van der Waals surface area contributed by atoms with Crippen molar-refractivity contribution in [2.24, 2.45) is 16.1 Å². The summed E-state index contributed by atoms with van der Waals surface area (Å²) in [6.45, 7) is 6.70. The highest BCUT2D eigenvalue weighted by molar-refractivity contribution is 6.11. The van der Waals surface area contributed by atoms with Gasteiger partial charge >= 0.3 is 6.36 Å². The van der Waals surface area contributed by atoms with Gasteiger partial charge in [-0.3, -0.25) is 4.99 Å². The zero-order valence-corrected chi connectivity index (χ0v) is 16.8. The number of aromatic nitrogens is 3. The van der Waals surface area contributed by atoms with Crippen molar-refractivity contribution in [3.8, 4) is 17.1 Å². The highest BCUT2D eigenvalue weighted by atomic mass is 19.4. The fourth-order valence-electron chi connectivity index (χ4n) is 2.75. The molecule has 0 saturated carbocycles. The summed E-state index contributed by atoms with van der Waals surface area (Å²) in [4.78, 5) is 12.7. The lowest BCUT2D eigenvalue weighted by molar-refractivity contribution is -0.276. The molecule has 3 heterocycles. The lowest BCUT2D eigenvalue weighted by Crippen LogP contribution is -2.18. The normalized spacial score (nSPS) is 13.3. The number of hydrogen-bond donors (Lipinski definition) is 1. The third-order valence-corrected chi connectivity index (χ3v) is 4.05. The van der Waals surface area contributed by atoms with Crippen LogP contribution in [0.1, 0.15) is 26.3 Å². The van der Waals surface area contributed by atoms with Crippen LogP contribution in [0.5, 0.6) is 5.88 Å². The lowest BCUT2D eigenvalue weighted by atomic mass is 9.97. The van der Waals surface area contributed by atoms with Gasteiger partial charge in [0.1, 0.15) is 5.65 Å². The van der Waals surface area contributed by atoms with E-state index in [4.69, 9.17) is 5.73 Å². The number of halogens is 3. The maximum atomic E-state index is 12.7. The van der Waals surface area contributed by atoms with Gasteiger partial charge in [0.15, 0.2) is 0 Å². The van der Waals surface area contributed by atoms with Crippen LogP contribution in [0.15, 0.2) is 54.0 Å². The molecule has 0 radical (unpaired) electrons. The Morgan fingerprint density at radius 1 is 1.20 bits per heavy atom. The molecule has 0 amide bonds. The average Bonchev–Trinajstić information content (AvgIpc) is 3.11. The maximum absolute atomic E-state index is 12.7. The van der Waals surface area contributed by atoms with E-state index in [0.29, 0.717) is 28.9 Å². The van der Waals surface area contributed by atoms with Gasteiger partial charge in [0.05, 0.1) is 5.69 Å². The van der Waals surface area contributed by atoms with Crippen LogP contribution in [0.3, 0.4) is 0 Å². The number of nitrogens with two attached hydrogens (primary N) is 1. The minimum absolute atomic E-state index is 0.0204. The Labute approximate surface area is 171 Å². The van der Waals surface area contributed by atoms with Crippen molar-refractivity contribution in [2.75, 3.05) is 6.54 Å². The Bertz CT molecular complexity index is 1090. The van der Waals surface area contributed by atoms with Crippen molar-refractivity contribution in [3.05, 3.63) is 54.6 Å². The third-order valence-electron chi connectivity index (χ3n) is 4.05. The first-order valence-electron chi connectivity index (χ1n) is 9.18. The van der Waals surface area contributed by atoms with E-state index < -0.39 is 12.2 Å². The molecule has 0 saturated heterocycles. The SMILES string of the molecule is CC(C)(C)CN=CC(=CN)c1ccc(OC(F)(F)F)nc1-c1ccn2ccnc2c1. The zero-order chi connectivity index (χ0) is 21.9. The molecule has 0 atom stereocenters. The third kappa shape index (κ3) is 5.37. The number of rotatable bonds is 5. The Balaban J connectivity index is 2.09. The van der Waals surface area contributed by atoms with Gasteiger partial charge in [0.2, 0.25) is 5.88 Å². The number of ether oxygens (including phenoxy) is 1. The van der Waals surface area contributed by atoms with E-state index in [1.807, 2.05) is 20.8 Å². The smallest absolute Gasteiger partial charge is 0.404 e. The molecule has 3 aromatic heterocycles. The largest absolute Gasteiger partial charge is 0.574 e. The van der Waals surface area contributed by atoms with Crippen molar-refractivity contribution < 1.29 is 17.9 Å². The van der Waals surface area contributed by atoms with Crippen molar-refractivity contribution in [2.45, 2.75) is 27.1 Å². The summed E-state index contributed by atoms with van der Waals surface area (Å²) in [6, 6.07) is 6.10. The second-order valence-electron chi connectivity index (χ2n) is 7.85. The van der Waals surface area contributed by atoms with E-state index in [1.54, 1.807) is 41.3 Å². The van der Waals surface area contributed by atoms with Crippen molar-refractivity contribution in [1.29, 1.82) is 0 Å². The molecule has 0 unspecified atom stereocenters. The van der Waals surface area contributed by atoms with Gasteiger partial charge in [-0.05, 0) is 23.6 Å². The van der Waals surface area contributed by atoms with Gasteiger partial charge in [-0.2, -0.15) is 0 Å². The molecule has 30 heavy (non-hydrogen) atoms. The van der Waals surface area contributed by atoms with Gasteiger partial charge in [0, 0.05) is 60.3 Å². The van der Waals surface area contributed by atoms with E-state index in [0.717, 1.165) is 6.07 Å². The number of alkyl halides is 3. The van der Waals surface area contributed by atoms with E-state index in [-0.39, 0.29) is 11.1 Å². The summed E-state index contributed by atoms with van der Waals surface area (Å²) in [7, 11) is 0. The first-order chi connectivity index (χ1) is 14.1. The first kappa shape index (κ1) is 21.4. The highest BCUT2D eigenvalue weighted by Gasteiger charge is 2.32. The van der Waals surface area contributed by atoms with Crippen LogP contribution >= 0.6 is 0 Å². The Morgan fingerprint density at radius 3 is 2.63 bits per heavy atom. The Kier molecular flexibility index (Phi) is 5.82. The standard InChI is InChI=1S/C21H22F3N5O/c1-20(2,3)13-26-12-15(11-25)16-4-5-18(30-21(22,23)24)28-19(16)14-6-8-29-9-7-27-17(29)10-14/h4-12H,13,25H2,1-3H3. The van der Waals surface area contributed by atoms with Crippen molar-refractivity contribution in [1.82, 2.24) is 14.4 Å². The van der Waals surface area contributed by atoms with Crippen LogP contribution in [-0.4, -0.2) is 33.5 Å². The predicted octanol–water partition coefficient (Wildman–Crippen LogP) is 4.71. The topological polar surface area (TPSA) is 77.8 Å². The van der Waals surface area contributed by atoms with E-state index >= 15 is 0 Å². The van der Waals surface area contributed by atoms with Crippen molar-refractivity contribution >= 4 is 17.4 Å². The maximum Gasteiger partial charge on any atom is 0.574 e. The number of hydrogen-bond acceptors (Lipinski definition) is 5. The zero-order valence-electron chi connectivity index (χ0n) is 16.8. The second-order valence-corrected chi connectivity index (χ2v) is 7.85. The summed E-state index contributed by atoms with van der Waals surface area (Å²) < 4.78 is 43.9. The van der Waals surface area contributed by atoms with Crippen LogP contribution in [0.25, 0.3) is 22.5 Å². The summed E-state index contributed by atoms with van der Waals surface area (Å²) in [5, 5.41) is 0. The summed E-state index contributed by atoms with van der Waals surface area (Å²) in [5.41, 5.74) is 8.32. The Morgan fingerprint density at radius 2 is 1.97 bits per heavy atom. The van der Waals surface area contributed by atoms with E-state index in [2.05, 4.69) is 19.7 Å². The van der Waals surface area contributed by atoms with Crippen molar-refractivity contribution in [3.63, 3.8) is 0 Å². The number of fused-ring (bicyclic) bond motifs is 1. The van der Waals surface area contributed by atoms with Gasteiger partial charge in [0.25, 0.3) is 0 Å². The minimum Gasteiger partial charge on any atom is -0.404 e. The van der Waals surface area contributed by atoms with Gasteiger partial charge < -0.3 is 14.9 Å². The number of nitrogens with zero attached hydrogens (tertiary/aromatic N) is 4. The van der Waals surface area contributed by atoms with Gasteiger partial charge in [-0.15, -0.1) is 13.2 Å². The molecule has 0 aliphatic rings. The molecule has 3 rings (SSSR count). The van der Waals surface area contributed by atoms with Crippen LogP contribution in [-0.2, 0) is 0 Å². The predicted molar refractivity (Wildman–Crippen MR) is 110 cm³/mol. The molecular weight excluding hydrogens is 395 g/mol. The quantitative estimate of drug-likeness (QED) is 0.610. The first-order valence-corrected chi connectivity index (χ1v) is 9.18. The monoisotopic (exact) mass is 417 g/mol. The summed E-state index contributed by atoms with van der Waals surface area (Å²) >= 11 is 0. The molecule has 0 spiro atoms. The molecule has 6 nitrogen and oxygen atoms in total. The van der Waals surface area contributed by atoms with Gasteiger partial charge in [-0.1, -0.05) is 20.8 Å². The van der Waals surface area contributed by atoms with E-state index in [1.165, 1.54) is 12.3 Å². The van der Waals surface area contributed by atoms with Crippen LogP contribution < -0.4 is 10.5 Å². The molecule has 0 aromatic carbocycles. The summed E-state index contributed by atoms with van der Waals surface area (Å²) in [6.07, 6.45) is 3.25. The molecule has 0 aliphatic carbocycles. The fraction of sp³-hybridized carbons (Fsp3) is 0.286. The molecule has 158 valence electrons. The number of aliphatic imine (C=N–C) groups is 1. The number of imidazole rings is 1. The second kappa shape index (κ2) is 8.17. The molecule has 3 aromatic rings. The fourth-order valence-corrected chi connectivity index (χ4v) is 2.75. The molecule has 0 bridgehead atoms. The van der Waals surface area contributed by atoms with Crippen LogP contribution in [0.4, 0.5) is 13.2 Å². The molecule has 9 heteroatoms. The minimum atomic E-state index is -4.85. The number of allylic oxidation sites excluding steroid dienone is 1. The molecule has 2 N–H and O–H groups in total. The molecule has 0 fully saturated rings. The molecular formula is C21H22F3N5O. The Hall–Kier alpha value is -3.36. The number of pyridine rings is 2. The van der Waals surface area contributed by atoms with E-state index in [9.17, 15) is 13.2 Å². The van der Waals surface area contributed by atoms with Crippen LogP contribution in [0, 0.1) is 5.41 Å². The lowest BCUT2D eigenvalue weighted by Gasteiger charge is -2.15. The molecule has 0 aliphatic heterocycles. The van der Waals surface area contributed by atoms with Crippen LogP contribution in [0.2, 0.25) is 0 Å².